The molecular formula is C48H85N2O6P. The van der Waals surface area contributed by atoms with E-state index in [1.165, 1.54) is 77.0 Å². The Morgan fingerprint density at radius 1 is 0.632 bits per heavy atom. The van der Waals surface area contributed by atoms with E-state index in [9.17, 15) is 19.4 Å². The fraction of sp³-hybridized carbons (Fsp3) is 0.688. The summed E-state index contributed by atoms with van der Waals surface area (Å²) in [5.74, 6) is -0.283. The van der Waals surface area contributed by atoms with Crippen LogP contribution in [0.15, 0.2) is 85.1 Å². The first kappa shape index (κ1) is 54.7. The van der Waals surface area contributed by atoms with Gasteiger partial charge >= 0.3 is 0 Å². The summed E-state index contributed by atoms with van der Waals surface area (Å²) in [6, 6.07) is -0.931. The van der Waals surface area contributed by atoms with E-state index in [2.05, 4.69) is 79.9 Å². The average molecular weight is 817 g/mol. The molecule has 0 aromatic rings. The van der Waals surface area contributed by atoms with E-state index < -0.39 is 26.6 Å². The monoisotopic (exact) mass is 817 g/mol. The Morgan fingerprint density at radius 3 is 1.53 bits per heavy atom. The molecule has 0 fully saturated rings. The van der Waals surface area contributed by atoms with Crippen molar-refractivity contribution in [1.29, 1.82) is 0 Å². The molecule has 2 N–H and O–H groups in total. The third kappa shape index (κ3) is 41.6. The van der Waals surface area contributed by atoms with Gasteiger partial charge in [0.2, 0.25) is 5.91 Å². The Hall–Kier alpha value is -2.32. The van der Waals surface area contributed by atoms with Crippen LogP contribution in [-0.2, 0) is 18.4 Å². The predicted octanol–water partition coefficient (Wildman–Crippen LogP) is 11.9. The number of quaternary nitrogens is 1. The minimum atomic E-state index is -4.61. The van der Waals surface area contributed by atoms with Crippen molar-refractivity contribution in [2.75, 3.05) is 40.9 Å². The molecule has 3 atom stereocenters. The van der Waals surface area contributed by atoms with Gasteiger partial charge in [0.1, 0.15) is 13.2 Å². The van der Waals surface area contributed by atoms with E-state index >= 15 is 0 Å². The maximum absolute atomic E-state index is 12.8. The maximum atomic E-state index is 12.8. The zero-order valence-electron chi connectivity index (χ0n) is 37.0. The number of aliphatic hydroxyl groups excluding tert-OH is 1. The lowest BCUT2D eigenvalue weighted by atomic mass is 10.0. The number of carbonyl (C=O) groups is 1. The molecule has 0 aromatic heterocycles. The number of phosphoric ester groups is 1. The molecule has 9 heteroatoms. The number of nitrogens with zero attached hydrogens (tertiary/aromatic N) is 1. The number of rotatable bonds is 39. The van der Waals surface area contributed by atoms with Crippen molar-refractivity contribution in [1.82, 2.24) is 5.32 Å². The van der Waals surface area contributed by atoms with Crippen LogP contribution in [0, 0.1) is 0 Å². The lowest BCUT2D eigenvalue weighted by Gasteiger charge is -2.29. The third-order valence-electron chi connectivity index (χ3n) is 9.37. The number of phosphoric acid groups is 1. The van der Waals surface area contributed by atoms with Crippen LogP contribution in [0.4, 0.5) is 0 Å². The van der Waals surface area contributed by atoms with Gasteiger partial charge in [-0.3, -0.25) is 9.36 Å². The molecule has 8 nitrogen and oxygen atoms in total. The molecule has 3 unspecified atom stereocenters. The van der Waals surface area contributed by atoms with Gasteiger partial charge in [-0.2, -0.15) is 0 Å². The molecule has 0 heterocycles. The van der Waals surface area contributed by atoms with Crippen LogP contribution in [0.3, 0.4) is 0 Å². The zero-order valence-corrected chi connectivity index (χ0v) is 37.9. The van der Waals surface area contributed by atoms with Crippen molar-refractivity contribution >= 4 is 13.7 Å². The molecule has 0 saturated heterocycles. The van der Waals surface area contributed by atoms with Crippen molar-refractivity contribution in [2.45, 2.75) is 174 Å². The second-order valence-corrected chi connectivity index (χ2v) is 17.4. The van der Waals surface area contributed by atoms with Crippen molar-refractivity contribution in [3.8, 4) is 0 Å². The maximum Gasteiger partial charge on any atom is 0.268 e. The Bertz CT molecular complexity index is 1200. The Kier molecular flexibility index (Phi) is 37.6. The molecule has 57 heavy (non-hydrogen) atoms. The fourth-order valence-electron chi connectivity index (χ4n) is 5.82. The van der Waals surface area contributed by atoms with Crippen LogP contribution in [-0.4, -0.2) is 68.5 Å². The number of nitrogens with one attached hydrogen (secondary N) is 1. The highest BCUT2D eigenvalue weighted by Gasteiger charge is 2.23. The fourth-order valence-corrected chi connectivity index (χ4v) is 6.54. The molecule has 328 valence electrons. The van der Waals surface area contributed by atoms with Crippen LogP contribution in [0.1, 0.15) is 162 Å². The summed E-state index contributed by atoms with van der Waals surface area (Å²) < 4.78 is 23.2. The summed E-state index contributed by atoms with van der Waals surface area (Å²) in [6.45, 7) is 4.45. The normalized spacial score (nSPS) is 15.1. The number of hydrogen-bond acceptors (Lipinski definition) is 6. The molecular weight excluding hydrogens is 732 g/mol. The van der Waals surface area contributed by atoms with Gasteiger partial charge in [0, 0.05) is 6.42 Å². The first-order valence-electron chi connectivity index (χ1n) is 22.4. The smallest absolute Gasteiger partial charge is 0.268 e. The number of likely N-dealkylation sites (N-methyl/N-ethyl adjacent to an activating group) is 1. The molecule has 1 amide bonds. The minimum absolute atomic E-state index is 0.0189. The number of aliphatic hydroxyl groups is 1. The summed E-state index contributed by atoms with van der Waals surface area (Å²) in [5, 5.41) is 13.7. The molecule has 0 spiro atoms. The van der Waals surface area contributed by atoms with Gasteiger partial charge in [-0.05, 0) is 57.8 Å². The summed E-state index contributed by atoms with van der Waals surface area (Å²) >= 11 is 0. The van der Waals surface area contributed by atoms with Gasteiger partial charge in [-0.15, -0.1) is 0 Å². The van der Waals surface area contributed by atoms with Crippen molar-refractivity contribution in [3.63, 3.8) is 0 Å². The molecule has 0 rings (SSSR count). The standard InChI is InChI=1S/C48H85N2O6P/c1-6-8-10-12-14-16-18-20-22-24-25-26-28-30-32-34-36-38-40-42-48(52)49-46(45-56-57(53,54)55-44-43-50(3,4)5)47(51)41-39-37-35-33-31-29-27-23-21-19-17-15-13-11-9-7-2/h8,10,14,16,20,22,25-26,30,32,36,38-39,41,46-47,51H,6-7,9,11-13,15,17-19,21,23-24,27-29,31,33-35,37,40,42-45H2,1-5H3,(H-,49,52,53,54)/b10-8-,16-14-,22-20-,26-25-,32-30-,38-36-,41-39+. The highest BCUT2D eigenvalue weighted by molar-refractivity contribution is 7.45. The first-order valence-corrected chi connectivity index (χ1v) is 23.9. The van der Waals surface area contributed by atoms with E-state index in [0.717, 1.165) is 57.8 Å². The van der Waals surface area contributed by atoms with Gasteiger partial charge in [0.05, 0.1) is 39.9 Å². The molecule has 0 bridgehead atoms. The third-order valence-corrected chi connectivity index (χ3v) is 10.3. The SMILES string of the molecule is CC/C=C\C/C=C\C/C=C\C/C=C\C/C=C\C/C=C\CCC(=O)NC(COP(=O)([O-])OCC[N+](C)(C)C)C(O)/C=C/CCCCCCCCCCCCCCCC. The average Bonchev–Trinajstić information content (AvgIpc) is 3.16. The summed E-state index contributed by atoms with van der Waals surface area (Å²) in [5.41, 5.74) is 0. The summed E-state index contributed by atoms with van der Waals surface area (Å²) in [7, 11) is 1.20. The van der Waals surface area contributed by atoms with E-state index in [1.807, 2.05) is 39.4 Å². The second kappa shape index (κ2) is 39.2. The molecule has 0 aliphatic rings. The molecule has 0 radical (unpaired) electrons. The summed E-state index contributed by atoms with van der Waals surface area (Å²) in [6.07, 6.45) is 53.6. The second-order valence-electron chi connectivity index (χ2n) is 16.0. The van der Waals surface area contributed by atoms with E-state index in [-0.39, 0.29) is 18.9 Å². The van der Waals surface area contributed by atoms with Crippen molar-refractivity contribution in [3.05, 3.63) is 85.1 Å². The van der Waals surface area contributed by atoms with E-state index in [1.54, 1.807) is 6.08 Å². The van der Waals surface area contributed by atoms with Crippen LogP contribution >= 0.6 is 7.82 Å². The minimum Gasteiger partial charge on any atom is -0.756 e. The topological polar surface area (TPSA) is 108 Å². The van der Waals surface area contributed by atoms with Crippen LogP contribution in [0.5, 0.6) is 0 Å². The Morgan fingerprint density at radius 2 is 1.07 bits per heavy atom. The lowest BCUT2D eigenvalue weighted by Crippen LogP contribution is -2.45. The van der Waals surface area contributed by atoms with Crippen LogP contribution in [0.2, 0.25) is 0 Å². The number of allylic oxidation sites excluding steroid dienone is 13. The van der Waals surface area contributed by atoms with Crippen molar-refractivity contribution in [2.24, 2.45) is 0 Å². The lowest BCUT2D eigenvalue weighted by molar-refractivity contribution is -0.870. The van der Waals surface area contributed by atoms with Gasteiger partial charge in [-0.25, -0.2) is 0 Å². The number of carbonyl (C=O) groups excluding carboxylic acids is 1. The quantitative estimate of drug-likeness (QED) is 0.0277. The van der Waals surface area contributed by atoms with Crippen molar-refractivity contribution < 1.29 is 32.9 Å². The molecule has 0 aromatic carbocycles. The van der Waals surface area contributed by atoms with Crippen LogP contribution < -0.4 is 10.2 Å². The Balaban J connectivity index is 4.58. The van der Waals surface area contributed by atoms with E-state index in [4.69, 9.17) is 9.05 Å². The van der Waals surface area contributed by atoms with Gasteiger partial charge in [-0.1, -0.05) is 182 Å². The van der Waals surface area contributed by atoms with Gasteiger partial charge in [0.25, 0.3) is 7.82 Å². The zero-order chi connectivity index (χ0) is 42.1. The highest BCUT2D eigenvalue weighted by atomic mass is 31.2. The molecule has 0 aliphatic carbocycles. The molecule has 0 saturated carbocycles. The first-order chi connectivity index (χ1) is 27.5. The number of amides is 1. The van der Waals surface area contributed by atoms with Crippen LogP contribution in [0.25, 0.3) is 0 Å². The predicted molar refractivity (Wildman–Crippen MR) is 242 cm³/mol. The Labute approximate surface area is 350 Å². The number of hydrogen-bond donors (Lipinski definition) is 2. The largest absolute Gasteiger partial charge is 0.756 e. The summed E-state index contributed by atoms with van der Waals surface area (Å²) in [4.78, 5) is 25.3. The van der Waals surface area contributed by atoms with Gasteiger partial charge in [0.15, 0.2) is 0 Å². The van der Waals surface area contributed by atoms with E-state index in [0.29, 0.717) is 17.4 Å². The molecule has 0 aliphatic heterocycles. The number of unbranched alkanes of at least 4 members (excludes halogenated alkanes) is 14. The highest BCUT2D eigenvalue weighted by Crippen LogP contribution is 2.38. The van der Waals surface area contributed by atoms with Gasteiger partial charge < -0.3 is 28.8 Å².